The summed E-state index contributed by atoms with van der Waals surface area (Å²) in [5.41, 5.74) is 0. The topological polar surface area (TPSA) is 123 Å². The van der Waals surface area contributed by atoms with Crippen LogP contribution in [0.4, 0.5) is 0 Å². The molecule has 0 fully saturated rings. The molecule has 21 heavy (non-hydrogen) atoms. The lowest BCUT2D eigenvalue weighted by atomic mass is 10.1. The molecular formula is C12H17NO7S. The van der Waals surface area contributed by atoms with Crippen LogP contribution < -0.4 is 4.72 Å². The lowest BCUT2D eigenvalue weighted by Gasteiger charge is -2.16. The number of aliphatic carboxylic acids is 1. The Hall–Kier alpha value is -1.87. The zero-order valence-corrected chi connectivity index (χ0v) is 12.6. The van der Waals surface area contributed by atoms with Crippen LogP contribution in [-0.4, -0.2) is 38.1 Å². The summed E-state index contributed by atoms with van der Waals surface area (Å²) >= 11 is 0. The van der Waals surface area contributed by atoms with Crippen molar-refractivity contribution in [2.45, 2.75) is 31.9 Å². The quantitative estimate of drug-likeness (QED) is 0.714. The van der Waals surface area contributed by atoms with Crippen LogP contribution in [0.3, 0.4) is 0 Å². The van der Waals surface area contributed by atoms with E-state index in [4.69, 9.17) is 9.52 Å². The van der Waals surface area contributed by atoms with E-state index in [1.165, 1.54) is 0 Å². The highest BCUT2D eigenvalue weighted by atomic mass is 32.2. The third-order valence-electron chi connectivity index (χ3n) is 2.54. The van der Waals surface area contributed by atoms with Gasteiger partial charge in [-0.15, -0.1) is 0 Å². The van der Waals surface area contributed by atoms with Gasteiger partial charge in [0.25, 0.3) is 10.0 Å². The van der Waals surface area contributed by atoms with Crippen molar-refractivity contribution in [3.05, 3.63) is 17.9 Å². The highest BCUT2D eigenvalue weighted by Gasteiger charge is 2.30. The minimum absolute atomic E-state index is 0.119. The number of nitrogens with one attached hydrogen (secondary N) is 1. The van der Waals surface area contributed by atoms with Gasteiger partial charge in [0.2, 0.25) is 10.9 Å². The zero-order chi connectivity index (χ0) is 16.2. The second kappa shape index (κ2) is 6.72. The summed E-state index contributed by atoms with van der Waals surface area (Å²) in [5.74, 6) is -2.83. The van der Waals surface area contributed by atoms with Gasteiger partial charge in [-0.25, -0.2) is 13.2 Å². The molecule has 0 aliphatic rings. The van der Waals surface area contributed by atoms with Crippen LogP contribution in [0.1, 0.15) is 31.3 Å². The van der Waals surface area contributed by atoms with E-state index >= 15 is 0 Å². The molecule has 0 aromatic carbocycles. The number of carboxylic acids is 1. The molecule has 9 heteroatoms. The fourth-order valence-electron chi connectivity index (χ4n) is 1.47. The second-order valence-electron chi connectivity index (χ2n) is 4.52. The fraction of sp³-hybridized carbons (Fsp3) is 0.500. The van der Waals surface area contributed by atoms with E-state index < -0.39 is 39.0 Å². The van der Waals surface area contributed by atoms with Gasteiger partial charge in [0.15, 0.2) is 0 Å². The number of carboxylic acid groups (broad SMARTS) is 1. The summed E-state index contributed by atoms with van der Waals surface area (Å²) < 4.78 is 35.6. The van der Waals surface area contributed by atoms with Crippen LogP contribution in [0.15, 0.2) is 21.6 Å². The Balaban J connectivity index is 2.98. The van der Waals surface area contributed by atoms with Crippen LogP contribution in [-0.2, 0) is 19.6 Å². The van der Waals surface area contributed by atoms with E-state index in [9.17, 15) is 18.0 Å². The summed E-state index contributed by atoms with van der Waals surface area (Å²) in [5, 5.41) is 8.44. The second-order valence-corrected chi connectivity index (χ2v) is 6.17. The van der Waals surface area contributed by atoms with Crippen LogP contribution in [0.2, 0.25) is 0 Å². The van der Waals surface area contributed by atoms with E-state index in [-0.39, 0.29) is 12.4 Å². The first-order valence-electron chi connectivity index (χ1n) is 6.21. The Morgan fingerprint density at radius 2 is 2.00 bits per heavy atom. The molecule has 1 aromatic rings. The maximum atomic E-state index is 12.0. The number of hydrogen-bond donors (Lipinski definition) is 2. The number of carbonyl (C=O) groups excluding carboxylic acids is 1. The van der Waals surface area contributed by atoms with Crippen molar-refractivity contribution in [2.75, 3.05) is 6.61 Å². The molecule has 2 N–H and O–H groups in total. The predicted molar refractivity (Wildman–Crippen MR) is 71.2 cm³/mol. The Morgan fingerprint density at radius 3 is 2.48 bits per heavy atom. The molecule has 8 nitrogen and oxygen atoms in total. The lowest BCUT2D eigenvalue weighted by molar-refractivity contribution is -0.140. The maximum absolute atomic E-state index is 12.0. The minimum atomic E-state index is -4.18. The van der Waals surface area contributed by atoms with Crippen LogP contribution in [0.25, 0.3) is 0 Å². The summed E-state index contributed by atoms with van der Waals surface area (Å²) in [4.78, 5) is 22.4. The number of furan rings is 1. The lowest BCUT2D eigenvalue weighted by Crippen LogP contribution is -2.44. The van der Waals surface area contributed by atoms with E-state index in [1.54, 1.807) is 20.8 Å². The largest absolute Gasteiger partial charge is 0.480 e. The van der Waals surface area contributed by atoms with Crippen molar-refractivity contribution in [3.63, 3.8) is 0 Å². The molecule has 0 radical (unpaired) electrons. The standard InChI is InChI=1S/C12H17NO7S/c1-4-19-12(16)8-5-6-9(20-8)21(17,18)13-10(7(2)3)11(14)15/h5-7,10,13H,4H2,1-3H3,(H,14,15)/t10-/m1/s1. The van der Waals surface area contributed by atoms with Crippen molar-refractivity contribution in [1.82, 2.24) is 4.72 Å². The molecule has 0 unspecified atom stereocenters. The number of rotatable bonds is 7. The smallest absolute Gasteiger partial charge is 0.374 e. The molecule has 1 rings (SSSR count). The summed E-state index contributed by atoms with van der Waals surface area (Å²) in [6.45, 7) is 4.84. The van der Waals surface area contributed by atoms with Crippen molar-refractivity contribution in [3.8, 4) is 0 Å². The first-order valence-corrected chi connectivity index (χ1v) is 7.69. The molecule has 0 saturated carbocycles. The van der Waals surface area contributed by atoms with Gasteiger partial charge in [-0.1, -0.05) is 13.8 Å². The van der Waals surface area contributed by atoms with Crippen LogP contribution >= 0.6 is 0 Å². The third-order valence-corrected chi connectivity index (χ3v) is 3.85. The van der Waals surface area contributed by atoms with E-state index in [1.807, 2.05) is 4.72 Å². The van der Waals surface area contributed by atoms with Gasteiger partial charge in [0.05, 0.1) is 6.61 Å². The number of esters is 1. The number of hydrogen-bond acceptors (Lipinski definition) is 6. The van der Waals surface area contributed by atoms with Crippen LogP contribution in [0, 0.1) is 5.92 Å². The Morgan fingerprint density at radius 1 is 1.38 bits per heavy atom. The molecule has 0 spiro atoms. The number of carbonyl (C=O) groups is 2. The highest BCUT2D eigenvalue weighted by molar-refractivity contribution is 7.89. The van der Waals surface area contributed by atoms with Gasteiger partial charge in [0.1, 0.15) is 6.04 Å². The molecule has 118 valence electrons. The summed E-state index contributed by atoms with van der Waals surface area (Å²) in [6, 6.07) is 0.914. The van der Waals surface area contributed by atoms with E-state index in [2.05, 4.69) is 4.74 Å². The van der Waals surface area contributed by atoms with Gasteiger partial charge in [-0.3, -0.25) is 4.79 Å². The average molecular weight is 319 g/mol. The van der Waals surface area contributed by atoms with Gasteiger partial charge in [-0.2, -0.15) is 4.72 Å². The summed E-state index contributed by atoms with van der Waals surface area (Å²) in [6.07, 6.45) is 0. The van der Waals surface area contributed by atoms with Crippen LogP contribution in [0.5, 0.6) is 0 Å². The van der Waals surface area contributed by atoms with Crippen molar-refractivity contribution in [1.29, 1.82) is 0 Å². The highest BCUT2D eigenvalue weighted by Crippen LogP contribution is 2.16. The third kappa shape index (κ3) is 4.30. The van der Waals surface area contributed by atoms with Gasteiger partial charge < -0.3 is 14.3 Å². The molecule has 0 aliphatic heterocycles. The molecule has 0 bridgehead atoms. The molecular weight excluding hydrogens is 302 g/mol. The SMILES string of the molecule is CCOC(=O)c1ccc(S(=O)(=O)N[C@@H](C(=O)O)C(C)C)o1. The van der Waals surface area contributed by atoms with Gasteiger partial charge in [-0.05, 0) is 25.0 Å². The van der Waals surface area contributed by atoms with Crippen molar-refractivity contribution >= 4 is 22.0 Å². The van der Waals surface area contributed by atoms with Gasteiger partial charge in [0, 0.05) is 0 Å². The Bertz CT molecular complexity index is 617. The predicted octanol–water partition coefficient (Wildman–Crippen LogP) is 0.844. The maximum Gasteiger partial charge on any atom is 0.374 e. The zero-order valence-electron chi connectivity index (χ0n) is 11.8. The fourth-order valence-corrected chi connectivity index (χ4v) is 2.74. The molecule has 0 amide bonds. The molecule has 1 atom stereocenters. The monoisotopic (exact) mass is 319 g/mol. The normalized spacial score (nSPS) is 13.1. The molecule has 1 aromatic heterocycles. The first kappa shape index (κ1) is 17.2. The molecule has 1 heterocycles. The Kier molecular flexibility index (Phi) is 5.50. The number of sulfonamides is 1. The van der Waals surface area contributed by atoms with Crippen molar-refractivity contribution < 1.29 is 32.3 Å². The molecule has 0 aliphatic carbocycles. The van der Waals surface area contributed by atoms with Gasteiger partial charge >= 0.3 is 11.9 Å². The average Bonchev–Trinajstić information content (AvgIpc) is 2.86. The van der Waals surface area contributed by atoms with E-state index in [0.717, 1.165) is 12.1 Å². The first-order chi connectivity index (χ1) is 9.69. The van der Waals surface area contributed by atoms with E-state index in [0.29, 0.717) is 0 Å². The van der Waals surface area contributed by atoms with Crippen molar-refractivity contribution in [2.24, 2.45) is 5.92 Å². The minimum Gasteiger partial charge on any atom is -0.480 e. The Labute approximate surface area is 122 Å². The summed E-state index contributed by atoms with van der Waals surface area (Å²) in [7, 11) is -4.18. The number of ether oxygens (including phenoxy) is 1. The molecule has 0 saturated heterocycles.